The summed E-state index contributed by atoms with van der Waals surface area (Å²) in [5.74, 6) is -1.32. The molecule has 1 amide bonds. The molecule has 0 spiro atoms. The topological polar surface area (TPSA) is 127 Å². The van der Waals surface area contributed by atoms with E-state index < -0.39 is 33.6 Å². The fourth-order valence-corrected chi connectivity index (χ4v) is 4.01. The molecule has 3 N–H and O–H groups in total. The normalized spacial score (nSPS) is 11.5. The van der Waals surface area contributed by atoms with Crippen LogP contribution in [0.4, 0.5) is 24.5 Å². The molecule has 0 aliphatic carbocycles. The largest absolute Gasteiger partial charge is 0.573 e. The van der Waals surface area contributed by atoms with Crippen molar-refractivity contribution in [3.8, 4) is 11.5 Å². The second kappa shape index (κ2) is 9.87. The first kappa shape index (κ1) is 24.6. The van der Waals surface area contributed by atoms with Crippen molar-refractivity contribution in [3.05, 3.63) is 76.7 Å². The molecule has 3 aromatic rings. The number of benzene rings is 2. The van der Waals surface area contributed by atoms with Crippen LogP contribution in [0.25, 0.3) is 0 Å². The zero-order valence-corrected chi connectivity index (χ0v) is 18.3. The van der Waals surface area contributed by atoms with Crippen molar-refractivity contribution < 1.29 is 35.9 Å². The molecule has 0 saturated heterocycles. The van der Waals surface area contributed by atoms with Gasteiger partial charge in [0.05, 0.1) is 12.3 Å². The Kier molecular flexibility index (Phi) is 7.15. The van der Waals surface area contributed by atoms with Crippen molar-refractivity contribution in [3.63, 3.8) is 0 Å². The van der Waals surface area contributed by atoms with E-state index in [0.717, 1.165) is 24.3 Å². The minimum Gasteiger partial charge on any atom is -0.492 e. The Hall–Kier alpha value is -4.00. The van der Waals surface area contributed by atoms with Crippen LogP contribution in [0.3, 0.4) is 0 Å². The van der Waals surface area contributed by atoms with Gasteiger partial charge in [-0.2, -0.15) is 0 Å². The molecule has 0 atom stereocenters. The van der Waals surface area contributed by atoms with Gasteiger partial charge in [-0.25, -0.2) is 8.42 Å². The summed E-state index contributed by atoms with van der Waals surface area (Å²) >= 11 is 0. The lowest BCUT2D eigenvalue weighted by Crippen LogP contribution is -2.18. The van der Waals surface area contributed by atoms with Gasteiger partial charge in [0.25, 0.3) is 15.9 Å². The zero-order chi connectivity index (χ0) is 24.9. The molecule has 13 heteroatoms. The molecule has 0 bridgehead atoms. The Morgan fingerprint density at radius 3 is 2.50 bits per heavy atom. The van der Waals surface area contributed by atoms with Crippen LogP contribution in [0.15, 0.2) is 70.5 Å². The van der Waals surface area contributed by atoms with Gasteiger partial charge in [-0.1, -0.05) is 6.07 Å². The number of nitrogens with one attached hydrogen (secondary N) is 3. The van der Waals surface area contributed by atoms with Crippen molar-refractivity contribution >= 4 is 27.3 Å². The van der Waals surface area contributed by atoms with Gasteiger partial charge in [-0.05, 0) is 37.3 Å². The Morgan fingerprint density at radius 1 is 1.06 bits per heavy atom. The van der Waals surface area contributed by atoms with Crippen LogP contribution in [-0.4, -0.2) is 32.3 Å². The third kappa shape index (κ3) is 6.51. The summed E-state index contributed by atoms with van der Waals surface area (Å²) in [6.45, 7) is 1.70. The van der Waals surface area contributed by atoms with Crippen LogP contribution in [0.2, 0.25) is 0 Å². The fraction of sp³-hybridized carbons (Fsp3) is 0.143. The van der Waals surface area contributed by atoms with Crippen LogP contribution in [0, 0.1) is 0 Å². The number of sulfonamides is 1. The first-order valence-electron chi connectivity index (χ1n) is 9.62. The maximum Gasteiger partial charge on any atom is 0.573 e. The number of pyridine rings is 1. The number of rotatable bonds is 8. The fourth-order valence-electron chi connectivity index (χ4n) is 2.83. The third-order valence-electron chi connectivity index (χ3n) is 4.15. The summed E-state index contributed by atoms with van der Waals surface area (Å²) in [7, 11) is -4.30. The maximum atomic E-state index is 12.9. The van der Waals surface area contributed by atoms with Gasteiger partial charge in [0.2, 0.25) is 5.56 Å². The molecule has 0 saturated carbocycles. The SMILES string of the molecule is CCOc1cc(NC(=O)c2cc[nH]c(=O)c2)ccc1S(=O)(=O)Nc1cccc(OC(F)(F)F)c1. The lowest BCUT2D eigenvalue weighted by molar-refractivity contribution is -0.274. The number of halogens is 3. The predicted molar refractivity (Wildman–Crippen MR) is 117 cm³/mol. The zero-order valence-electron chi connectivity index (χ0n) is 17.5. The van der Waals surface area contributed by atoms with E-state index in [0.29, 0.717) is 0 Å². The number of aromatic amines is 1. The van der Waals surface area contributed by atoms with Crippen LogP contribution < -0.4 is 25.1 Å². The van der Waals surface area contributed by atoms with E-state index in [9.17, 15) is 31.2 Å². The molecule has 1 heterocycles. The highest BCUT2D eigenvalue weighted by molar-refractivity contribution is 7.92. The molecule has 0 radical (unpaired) electrons. The van der Waals surface area contributed by atoms with Crippen molar-refractivity contribution in [2.45, 2.75) is 18.2 Å². The third-order valence-corrected chi connectivity index (χ3v) is 5.57. The van der Waals surface area contributed by atoms with E-state index in [2.05, 4.69) is 19.8 Å². The standard InChI is InChI=1S/C21H18F3N3O6S/c1-2-32-17-12-14(26-20(29)13-8-9-25-19(28)10-13)6-7-18(17)34(30,31)27-15-4-3-5-16(11-15)33-21(22,23)24/h3-12,27H,2H2,1H3,(H,25,28)(H,26,29). The quantitative estimate of drug-likeness (QED) is 0.435. The highest BCUT2D eigenvalue weighted by Gasteiger charge is 2.31. The molecule has 0 aliphatic rings. The molecular weight excluding hydrogens is 479 g/mol. The smallest absolute Gasteiger partial charge is 0.492 e. The van der Waals surface area contributed by atoms with Crippen LogP contribution in [0.1, 0.15) is 17.3 Å². The molecule has 180 valence electrons. The van der Waals surface area contributed by atoms with Gasteiger partial charge in [0.1, 0.15) is 16.4 Å². The van der Waals surface area contributed by atoms with Gasteiger partial charge in [-0.3, -0.25) is 14.3 Å². The van der Waals surface area contributed by atoms with Gasteiger partial charge in [-0.15, -0.1) is 13.2 Å². The van der Waals surface area contributed by atoms with Crippen LogP contribution in [0.5, 0.6) is 11.5 Å². The van der Waals surface area contributed by atoms with Gasteiger partial charge < -0.3 is 19.8 Å². The molecular formula is C21H18F3N3O6S. The highest BCUT2D eigenvalue weighted by Crippen LogP contribution is 2.31. The van der Waals surface area contributed by atoms with E-state index in [1.807, 2.05) is 0 Å². The number of H-pyrrole nitrogens is 1. The number of hydrogen-bond acceptors (Lipinski definition) is 6. The maximum absolute atomic E-state index is 12.9. The van der Waals surface area contributed by atoms with E-state index >= 15 is 0 Å². The minimum absolute atomic E-state index is 0.0843. The summed E-state index contributed by atoms with van der Waals surface area (Å²) < 4.78 is 74.5. The van der Waals surface area contributed by atoms with Gasteiger partial charge >= 0.3 is 6.36 Å². The van der Waals surface area contributed by atoms with Crippen LogP contribution in [-0.2, 0) is 10.0 Å². The Bertz CT molecular complexity index is 1360. The lowest BCUT2D eigenvalue weighted by atomic mass is 10.2. The van der Waals surface area contributed by atoms with Gasteiger partial charge in [0, 0.05) is 35.6 Å². The second-order valence-corrected chi connectivity index (χ2v) is 8.32. The van der Waals surface area contributed by atoms with Crippen LogP contribution >= 0.6 is 0 Å². The number of amides is 1. The second-order valence-electron chi connectivity index (χ2n) is 6.67. The van der Waals surface area contributed by atoms with E-state index in [-0.39, 0.29) is 34.2 Å². The lowest BCUT2D eigenvalue weighted by Gasteiger charge is -2.15. The number of aromatic nitrogens is 1. The van der Waals surface area contributed by atoms with Crippen molar-refractivity contribution in [2.75, 3.05) is 16.6 Å². The summed E-state index contributed by atoms with van der Waals surface area (Å²) in [5.41, 5.74) is -0.370. The first-order chi connectivity index (χ1) is 16.0. The molecule has 0 fully saturated rings. The van der Waals surface area contributed by atoms with Gasteiger partial charge in [0.15, 0.2) is 0 Å². The molecule has 34 heavy (non-hydrogen) atoms. The molecule has 0 unspecified atom stereocenters. The number of hydrogen-bond donors (Lipinski definition) is 3. The number of carbonyl (C=O) groups excluding carboxylic acids is 1. The average Bonchev–Trinajstić information content (AvgIpc) is 2.72. The van der Waals surface area contributed by atoms with Crippen molar-refractivity contribution in [1.82, 2.24) is 4.98 Å². The Balaban J connectivity index is 1.86. The monoisotopic (exact) mass is 497 g/mol. The molecule has 0 aliphatic heterocycles. The Labute approximate surface area is 191 Å². The molecule has 2 aromatic carbocycles. The van der Waals surface area contributed by atoms with Crippen molar-refractivity contribution in [2.24, 2.45) is 0 Å². The number of alkyl halides is 3. The summed E-state index contributed by atoms with van der Waals surface area (Å²) in [4.78, 5) is 25.8. The highest BCUT2D eigenvalue weighted by atomic mass is 32.2. The van der Waals surface area contributed by atoms with Crippen molar-refractivity contribution in [1.29, 1.82) is 0 Å². The predicted octanol–water partition coefficient (Wildman–Crippen LogP) is 3.73. The summed E-state index contributed by atoms with van der Waals surface area (Å²) in [5, 5.41) is 2.53. The average molecular weight is 497 g/mol. The number of anilines is 2. The number of carbonyl (C=O) groups is 1. The molecule has 9 nitrogen and oxygen atoms in total. The first-order valence-corrected chi connectivity index (χ1v) is 11.1. The molecule has 3 rings (SSSR count). The van der Waals surface area contributed by atoms with E-state index in [1.54, 1.807) is 6.92 Å². The Morgan fingerprint density at radius 2 is 1.82 bits per heavy atom. The van der Waals surface area contributed by atoms with E-state index in [4.69, 9.17) is 4.74 Å². The number of ether oxygens (including phenoxy) is 2. The van der Waals surface area contributed by atoms with E-state index in [1.165, 1.54) is 36.5 Å². The minimum atomic E-state index is -4.94. The summed E-state index contributed by atoms with van der Waals surface area (Å²) in [6.07, 6.45) is -3.63. The summed E-state index contributed by atoms with van der Waals surface area (Å²) in [6, 6.07) is 10.6. The molecule has 1 aromatic heterocycles.